The molecule has 3 N–H and O–H groups in total. The molecule has 5 atom stereocenters. The van der Waals surface area contributed by atoms with Crippen LogP contribution < -0.4 is 0 Å². The predicted octanol–water partition coefficient (Wildman–Crippen LogP) is 27.3. The Kier molecular flexibility index (Phi) is 80.6. The van der Waals surface area contributed by atoms with Gasteiger partial charge in [0.1, 0.15) is 19.3 Å². The summed E-state index contributed by atoms with van der Waals surface area (Å²) in [5.74, 6) is -2.09. The van der Waals surface area contributed by atoms with Gasteiger partial charge in [-0.2, -0.15) is 0 Å². The van der Waals surface area contributed by atoms with Crippen molar-refractivity contribution in [3.63, 3.8) is 0 Å². The van der Waals surface area contributed by atoms with Gasteiger partial charge in [-0.1, -0.05) is 432 Å². The van der Waals surface area contributed by atoms with Crippen molar-refractivity contribution in [2.24, 2.45) is 0 Å². The van der Waals surface area contributed by atoms with Gasteiger partial charge in [-0.15, -0.1) is 0 Å². The number of aliphatic hydroxyl groups excluding tert-OH is 1. The molecule has 0 rings (SSSR count). The number of carbonyl (C=O) groups is 4. The number of rotatable bonds is 89. The summed E-state index contributed by atoms with van der Waals surface area (Å²) in [6.45, 7) is 5.08. The highest BCUT2D eigenvalue weighted by Crippen LogP contribution is 2.45. The highest BCUT2D eigenvalue weighted by atomic mass is 31.2. The molecule has 636 valence electrons. The lowest BCUT2D eigenvalue weighted by Crippen LogP contribution is -2.30. The van der Waals surface area contributed by atoms with Gasteiger partial charge in [0.2, 0.25) is 0 Å². The summed E-state index contributed by atoms with van der Waals surface area (Å²) in [5, 5.41) is 10.7. The van der Waals surface area contributed by atoms with Gasteiger partial charge in [0.15, 0.2) is 12.2 Å². The van der Waals surface area contributed by atoms with Gasteiger partial charge in [0, 0.05) is 25.7 Å². The number of unbranched alkanes of at least 4 members (excludes halogenated alkanes) is 63. The van der Waals surface area contributed by atoms with E-state index in [1.54, 1.807) is 0 Å². The van der Waals surface area contributed by atoms with E-state index in [1.807, 2.05) is 0 Å². The third kappa shape index (κ3) is 81.9. The van der Waals surface area contributed by atoms with Crippen molar-refractivity contribution in [3.05, 3.63) is 0 Å². The molecular formula is C88H172O17P2. The van der Waals surface area contributed by atoms with Crippen LogP contribution in [0.3, 0.4) is 0 Å². The van der Waals surface area contributed by atoms with E-state index < -0.39 is 97.5 Å². The summed E-state index contributed by atoms with van der Waals surface area (Å²) in [5.41, 5.74) is 0. The summed E-state index contributed by atoms with van der Waals surface area (Å²) in [6.07, 6.45) is 77.7. The Hall–Kier alpha value is -1.94. The van der Waals surface area contributed by atoms with Crippen molar-refractivity contribution in [3.8, 4) is 0 Å². The van der Waals surface area contributed by atoms with Crippen LogP contribution in [0.2, 0.25) is 0 Å². The highest BCUT2D eigenvalue weighted by Gasteiger charge is 2.30. The number of aliphatic hydroxyl groups is 1. The molecule has 0 heterocycles. The van der Waals surface area contributed by atoms with Crippen LogP contribution in [0.1, 0.15) is 484 Å². The second-order valence-electron chi connectivity index (χ2n) is 31.6. The van der Waals surface area contributed by atoms with E-state index in [1.165, 1.54) is 315 Å². The van der Waals surface area contributed by atoms with Gasteiger partial charge in [0.05, 0.1) is 26.4 Å². The minimum absolute atomic E-state index is 0.109. The number of carbonyl (C=O) groups excluding carboxylic acids is 4. The molecule has 0 aliphatic heterocycles. The number of phosphoric ester groups is 2. The summed E-state index contributed by atoms with van der Waals surface area (Å²) < 4.78 is 69.0. The van der Waals surface area contributed by atoms with E-state index in [9.17, 15) is 43.2 Å². The van der Waals surface area contributed by atoms with Crippen molar-refractivity contribution in [1.29, 1.82) is 0 Å². The first-order valence-electron chi connectivity index (χ1n) is 45.8. The first-order chi connectivity index (χ1) is 52.2. The fourth-order valence-corrected chi connectivity index (χ4v) is 15.5. The number of esters is 4. The Morgan fingerprint density at radius 1 is 0.224 bits per heavy atom. The lowest BCUT2D eigenvalue weighted by atomic mass is 10.0. The molecule has 0 fully saturated rings. The summed E-state index contributed by atoms with van der Waals surface area (Å²) in [6, 6.07) is 0. The molecule has 0 aliphatic carbocycles. The highest BCUT2D eigenvalue weighted by molar-refractivity contribution is 7.47. The first-order valence-corrected chi connectivity index (χ1v) is 48.8. The first kappa shape index (κ1) is 105. The maximum atomic E-state index is 13.2. The molecule has 107 heavy (non-hydrogen) atoms. The number of ether oxygens (including phenoxy) is 4. The third-order valence-corrected chi connectivity index (χ3v) is 22.8. The minimum atomic E-state index is -4.97. The smallest absolute Gasteiger partial charge is 0.462 e. The van der Waals surface area contributed by atoms with Crippen LogP contribution in [0.15, 0.2) is 0 Å². The molecule has 0 saturated heterocycles. The maximum absolute atomic E-state index is 13.2. The van der Waals surface area contributed by atoms with E-state index in [-0.39, 0.29) is 25.7 Å². The zero-order valence-electron chi connectivity index (χ0n) is 70.1. The fraction of sp³-hybridized carbons (Fsp3) is 0.955. The second kappa shape index (κ2) is 82.1. The Morgan fingerprint density at radius 2 is 0.374 bits per heavy atom. The zero-order valence-corrected chi connectivity index (χ0v) is 71.9. The van der Waals surface area contributed by atoms with Gasteiger partial charge in [-0.05, 0) is 25.7 Å². The van der Waals surface area contributed by atoms with Gasteiger partial charge in [-0.3, -0.25) is 37.3 Å². The Bertz CT molecular complexity index is 2020. The Balaban J connectivity index is 5.24. The number of hydrogen-bond donors (Lipinski definition) is 3. The zero-order chi connectivity index (χ0) is 78.1. The van der Waals surface area contributed by atoms with Crippen LogP contribution in [0, 0.1) is 0 Å². The molecular weight excluding hydrogens is 1390 g/mol. The minimum Gasteiger partial charge on any atom is -0.462 e. The normalized spacial score (nSPS) is 13.7. The van der Waals surface area contributed by atoms with Crippen molar-refractivity contribution in [2.75, 3.05) is 39.6 Å². The van der Waals surface area contributed by atoms with E-state index in [0.717, 1.165) is 89.9 Å². The van der Waals surface area contributed by atoms with Crippen molar-refractivity contribution in [1.82, 2.24) is 0 Å². The largest absolute Gasteiger partial charge is 0.472 e. The van der Waals surface area contributed by atoms with Gasteiger partial charge >= 0.3 is 39.5 Å². The summed E-state index contributed by atoms with van der Waals surface area (Å²) in [4.78, 5) is 73.3. The average Bonchev–Trinajstić information content (AvgIpc) is 0.901. The topological polar surface area (TPSA) is 237 Å². The average molecular weight is 1560 g/mol. The van der Waals surface area contributed by atoms with Crippen molar-refractivity contribution in [2.45, 2.75) is 502 Å². The monoisotopic (exact) mass is 1560 g/mol. The van der Waals surface area contributed by atoms with Crippen LogP contribution in [0.5, 0.6) is 0 Å². The standard InChI is InChI=1S/C88H172O17P2/c1-5-9-13-17-21-25-29-33-36-38-40-41-43-45-47-51-55-59-63-67-71-75-88(93)105-84(79-99-86(91)73-69-65-61-57-53-50-46-44-42-39-37-34-30-26-22-18-14-10-6-2)81-103-107(96,97)101-77-82(89)76-100-106(94,95)102-80-83(78-98-85(90)72-68-64-60-56-52-48-32-28-24-20-16-12-8-4)104-87(92)74-70-66-62-58-54-49-35-31-27-23-19-15-11-7-3/h82-84,89H,5-81H2,1-4H3,(H,94,95)(H,96,97)/t82-,83+,84+/m0/s1. The SMILES string of the molecule is CCCCCCCCCCCCCCCCCCCCCCCC(=O)O[C@H](COC(=O)CCCCCCCCCCCCCCCCCCCCC)COP(=O)(O)OC[C@@H](O)COP(=O)(O)OC[C@@H](COC(=O)CCCCCCCCCCCCCCC)OC(=O)CCCCCCCCCCCCCCCC. The molecule has 0 aromatic heterocycles. The number of phosphoric acid groups is 2. The predicted molar refractivity (Wildman–Crippen MR) is 442 cm³/mol. The van der Waals surface area contributed by atoms with E-state index in [4.69, 9.17) is 37.0 Å². The van der Waals surface area contributed by atoms with Gasteiger partial charge in [-0.25, -0.2) is 9.13 Å². The Labute approximate surface area is 658 Å². The molecule has 17 nitrogen and oxygen atoms in total. The van der Waals surface area contributed by atoms with Crippen LogP contribution in [0.4, 0.5) is 0 Å². The molecule has 0 amide bonds. The lowest BCUT2D eigenvalue weighted by molar-refractivity contribution is -0.161. The van der Waals surface area contributed by atoms with Crippen LogP contribution >= 0.6 is 15.6 Å². The van der Waals surface area contributed by atoms with Gasteiger partial charge < -0.3 is 33.8 Å². The lowest BCUT2D eigenvalue weighted by Gasteiger charge is -2.21. The summed E-state index contributed by atoms with van der Waals surface area (Å²) >= 11 is 0. The molecule has 19 heteroatoms. The summed E-state index contributed by atoms with van der Waals surface area (Å²) in [7, 11) is -9.93. The quantitative estimate of drug-likeness (QED) is 0.0222. The molecule has 0 saturated carbocycles. The molecule has 0 aliphatic rings. The molecule has 2 unspecified atom stereocenters. The van der Waals surface area contributed by atoms with E-state index in [2.05, 4.69) is 27.7 Å². The molecule has 0 aromatic carbocycles. The van der Waals surface area contributed by atoms with Crippen LogP contribution in [0.25, 0.3) is 0 Å². The van der Waals surface area contributed by atoms with E-state index >= 15 is 0 Å². The van der Waals surface area contributed by atoms with Crippen LogP contribution in [-0.2, 0) is 65.4 Å². The van der Waals surface area contributed by atoms with Crippen molar-refractivity contribution >= 4 is 39.5 Å². The fourth-order valence-electron chi connectivity index (χ4n) is 13.9. The second-order valence-corrected chi connectivity index (χ2v) is 34.5. The third-order valence-electron chi connectivity index (χ3n) is 20.9. The van der Waals surface area contributed by atoms with E-state index in [0.29, 0.717) is 25.7 Å². The molecule has 0 aromatic rings. The van der Waals surface area contributed by atoms with Crippen LogP contribution in [-0.4, -0.2) is 96.7 Å². The molecule has 0 bridgehead atoms. The maximum Gasteiger partial charge on any atom is 0.472 e. The van der Waals surface area contributed by atoms with Crippen molar-refractivity contribution < 1.29 is 80.2 Å². The Morgan fingerprint density at radius 3 is 0.551 bits per heavy atom. The molecule has 0 spiro atoms. The molecule has 0 radical (unpaired) electrons. The number of hydrogen-bond acceptors (Lipinski definition) is 15. The van der Waals surface area contributed by atoms with Gasteiger partial charge in [0.25, 0.3) is 0 Å².